The SMILES string of the molecule is O=C1NS(=O)(=O)[C@@H]2COC[C@H]2C/C=C/[C@@H](O)[C@@H]2CC[C@H]2CN2C[C@@]3(CCCc4cc(Cl)ccc43)COc3ccc1cc32. The number of carbonyl (C=O) groups is 1. The lowest BCUT2D eigenvalue weighted by molar-refractivity contribution is 0.0455. The summed E-state index contributed by atoms with van der Waals surface area (Å²) in [5.41, 5.74) is 3.29. The molecule has 0 unspecified atom stereocenters. The zero-order chi connectivity index (χ0) is 29.1. The van der Waals surface area contributed by atoms with Crippen molar-refractivity contribution in [2.75, 3.05) is 37.8 Å². The standard InChI is InChI=1S/C32H37ClN2O6S/c33-24-8-10-26-20(13-24)4-2-12-32(26)18-35-15-22-6-9-25(22)28(36)5-1-3-23-16-40-17-30(23)42(38,39)34-31(37)21-7-11-29(41-19-32)27(35)14-21/h1,5,7-8,10-11,13-14,22-23,25,28,30,36H,2-4,6,9,12,15-19H2,(H,34,37)/b5-1+/t22-,23+,25+,28+,30+,32-/m0/s1. The Bertz CT molecular complexity index is 1530. The van der Waals surface area contributed by atoms with E-state index in [2.05, 4.69) is 21.8 Å². The van der Waals surface area contributed by atoms with Crippen LogP contribution in [-0.4, -0.2) is 63.7 Å². The van der Waals surface area contributed by atoms with Gasteiger partial charge in [0.2, 0.25) is 10.0 Å². The first-order valence-corrected chi connectivity index (χ1v) is 16.9. The Morgan fingerprint density at radius 2 is 1.98 bits per heavy atom. The number of aliphatic hydroxyl groups excluding tert-OH is 1. The average molecular weight is 613 g/mol. The van der Waals surface area contributed by atoms with Gasteiger partial charge in [-0.05, 0) is 91.8 Å². The van der Waals surface area contributed by atoms with E-state index in [1.807, 2.05) is 18.2 Å². The number of anilines is 1. The molecule has 1 saturated carbocycles. The topological polar surface area (TPSA) is 105 Å². The first kappa shape index (κ1) is 28.2. The van der Waals surface area contributed by atoms with Gasteiger partial charge >= 0.3 is 0 Å². The maximum Gasteiger partial charge on any atom is 0.264 e. The Labute approximate surface area is 252 Å². The van der Waals surface area contributed by atoms with Gasteiger partial charge in [0.1, 0.15) is 11.0 Å². The number of hydrogen-bond acceptors (Lipinski definition) is 7. The summed E-state index contributed by atoms with van der Waals surface area (Å²) in [6, 6.07) is 11.3. The van der Waals surface area contributed by atoms with Crippen molar-refractivity contribution in [1.29, 1.82) is 0 Å². The summed E-state index contributed by atoms with van der Waals surface area (Å²) in [4.78, 5) is 15.7. The zero-order valence-electron chi connectivity index (χ0n) is 23.5. The molecule has 2 N–H and O–H groups in total. The third-order valence-electron chi connectivity index (χ3n) is 10.2. The van der Waals surface area contributed by atoms with E-state index in [4.69, 9.17) is 21.1 Å². The number of aryl methyl sites for hydroxylation is 1. The van der Waals surface area contributed by atoms with E-state index >= 15 is 0 Å². The van der Waals surface area contributed by atoms with Crippen molar-refractivity contribution in [2.45, 2.75) is 55.3 Å². The van der Waals surface area contributed by atoms with Gasteiger partial charge in [0.05, 0.1) is 31.6 Å². The van der Waals surface area contributed by atoms with Crippen LogP contribution in [-0.2, 0) is 26.6 Å². The van der Waals surface area contributed by atoms with Gasteiger partial charge in [0.15, 0.2) is 0 Å². The van der Waals surface area contributed by atoms with Gasteiger partial charge < -0.3 is 19.5 Å². The van der Waals surface area contributed by atoms with Gasteiger partial charge in [-0.2, -0.15) is 0 Å². The predicted molar refractivity (Wildman–Crippen MR) is 161 cm³/mol. The van der Waals surface area contributed by atoms with E-state index in [0.29, 0.717) is 38.5 Å². The molecule has 7 rings (SSSR count). The summed E-state index contributed by atoms with van der Waals surface area (Å²) >= 11 is 6.38. The normalized spacial score (nSPS) is 34.6. The van der Waals surface area contributed by atoms with Crippen LogP contribution < -0.4 is 14.4 Å². The van der Waals surface area contributed by atoms with Gasteiger partial charge in [-0.1, -0.05) is 29.8 Å². The molecule has 2 aliphatic carbocycles. The third-order valence-corrected chi connectivity index (χ3v) is 12.2. The lowest BCUT2D eigenvalue weighted by atomic mass is 9.68. The lowest BCUT2D eigenvalue weighted by Crippen LogP contribution is -2.49. The second-order valence-electron chi connectivity index (χ2n) is 12.8. The fourth-order valence-electron chi connectivity index (χ4n) is 7.75. The van der Waals surface area contributed by atoms with Gasteiger partial charge in [0.25, 0.3) is 5.91 Å². The molecule has 10 heteroatoms. The molecule has 224 valence electrons. The Morgan fingerprint density at radius 1 is 1.10 bits per heavy atom. The number of hydrogen-bond donors (Lipinski definition) is 2. The van der Waals surface area contributed by atoms with E-state index in [1.54, 1.807) is 18.2 Å². The molecule has 1 saturated heterocycles. The Morgan fingerprint density at radius 3 is 2.81 bits per heavy atom. The molecule has 42 heavy (non-hydrogen) atoms. The second kappa shape index (κ2) is 10.8. The minimum Gasteiger partial charge on any atom is -0.490 e. The Hall–Kier alpha value is -2.59. The van der Waals surface area contributed by atoms with Crippen molar-refractivity contribution in [2.24, 2.45) is 17.8 Å². The maximum absolute atomic E-state index is 13.4. The summed E-state index contributed by atoms with van der Waals surface area (Å²) in [6.45, 7) is 2.23. The number of sulfonamides is 1. The number of ether oxygens (including phenoxy) is 2. The molecule has 2 aromatic rings. The number of nitrogens with zero attached hydrogens (tertiary/aromatic N) is 1. The first-order chi connectivity index (χ1) is 20.2. The number of aliphatic hydroxyl groups is 1. The molecule has 0 aromatic heterocycles. The number of halogens is 1. The van der Waals surface area contributed by atoms with Crippen LogP contribution in [0.2, 0.25) is 5.02 Å². The summed E-state index contributed by atoms with van der Waals surface area (Å²) < 4.78 is 41.0. The maximum atomic E-state index is 13.4. The number of nitrogens with one attached hydrogen (secondary N) is 1. The molecule has 2 fully saturated rings. The number of rotatable bonds is 0. The highest BCUT2D eigenvalue weighted by Gasteiger charge is 2.45. The molecule has 6 atom stereocenters. The molecule has 2 aromatic carbocycles. The van der Waals surface area contributed by atoms with Crippen LogP contribution in [0.25, 0.3) is 0 Å². The molecule has 8 nitrogen and oxygen atoms in total. The third kappa shape index (κ3) is 5.02. The van der Waals surface area contributed by atoms with Crippen molar-refractivity contribution >= 4 is 33.2 Å². The van der Waals surface area contributed by atoms with Crippen LogP contribution in [0.3, 0.4) is 0 Å². The number of carbonyl (C=O) groups excluding carboxylic acids is 1. The number of benzene rings is 2. The molecule has 1 spiro atoms. The van der Waals surface area contributed by atoms with Crippen molar-refractivity contribution in [3.05, 3.63) is 70.3 Å². The largest absolute Gasteiger partial charge is 0.490 e. The van der Waals surface area contributed by atoms with E-state index in [1.165, 1.54) is 11.1 Å². The number of fused-ring (bicyclic) bond motifs is 5. The highest BCUT2D eigenvalue weighted by atomic mass is 35.5. The zero-order valence-corrected chi connectivity index (χ0v) is 25.1. The van der Waals surface area contributed by atoms with Crippen molar-refractivity contribution < 1.29 is 27.8 Å². The molecular formula is C32H37ClN2O6S. The van der Waals surface area contributed by atoms with Crippen molar-refractivity contribution in [3.63, 3.8) is 0 Å². The first-order valence-electron chi connectivity index (χ1n) is 15.0. The van der Waals surface area contributed by atoms with Crippen LogP contribution in [0.15, 0.2) is 48.6 Å². The highest BCUT2D eigenvalue weighted by Crippen LogP contribution is 2.46. The predicted octanol–water partition coefficient (Wildman–Crippen LogP) is 4.23. The second-order valence-corrected chi connectivity index (χ2v) is 15.1. The van der Waals surface area contributed by atoms with Crippen LogP contribution in [0.4, 0.5) is 5.69 Å². The highest BCUT2D eigenvalue weighted by molar-refractivity contribution is 7.90. The van der Waals surface area contributed by atoms with E-state index in [-0.39, 0.29) is 35.3 Å². The van der Waals surface area contributed by atoms with Crippen molar-refractivity contribution in [1.82, 2.24) is 4.72 Å². The minimum absolute atomic E-state index is 0.0367. The minimum atomic E-state index is -3.99. The fourth-order valence-corrected chi connectivity index (χ4v) is 9.44. The molecule has 0 radical (unpaired) electrons. The monoisotopic (exact) mass is 612 g/mol. The lowest BCUT2D eigenvalue weighted by Gasteiger charge is -2.45. The van der Waals surface area contributed by atoms with Crippen LogP contribution >= 0.6 is 11.6 Å². The van der Waals surface area contributed by atoms with Crippen LogP contribution in [0, 0.1) is 17.8 Å². The van der Waals surface area contributed by atoms with Gasteiger partial charge in [-0.3, -0.25) is 4.79 Å². The fraction of sp³-hybridized carbons (Fsp3) is 0.531. The van der Waals surface area contributed by atoms with Crippen LogP contribution in [0.5, 0.6) is 5.75 Å². The molecule has 2 bridgehead atoms. The van der Waals surface area contributed by atoms with E-state index in [9.17, 15) is 18.3 Å². The Kier molecular flexibility index (Phi) is 7.28. The molecular weight excluding hydrogens is 576 g/mol. The summed E-state index contributed by atoms with van der Waals surface area (Å²) in [7, 11) is -3.99. The molecule has 5 aliphatic rings. The molecule has 3 aliphatic heterocycles. The van der Waals surface area contributed by atoms with E-state index in [0.717, 1.165) is 42.8 Å². The summed E-state index contributed by atoms with van der Waals surface area (Å²) in [6.07, 6.45) is 8.47. The summed E-state index contributed by atoms with van der Waals surface area (Å²) in [5.74, 6) is 0.119. The van der Waals surface area contributed by atoms with E-state index < -0.39 is 27.3 Å². The van der Waals surface area contributed by atoms with Gasteiger partial charge in [-0.25, -0.2) is 13.1 Å². The Balaban J connectivity index is 1.29. The van der Waals surface area contributed by atoms with Crippen molar-refractivity contribution in [3.8, 4) is 5.75 Å². The van der Waals surface area contributed by atoms with Gasteiger partial charge in [-0.15, -0.1) is 0 Å². The molecule has 3 heterocycles. The van der Waals surface area contributed by atoms with Gasteiger partial charge in [0, 0.05) is 35.0 Å². The smallest absolute Gasteiger partial charge is 0.264 e. The quantitative estimate of drug-likeness (QED) is 0.429. The molecule has 1 amide bonds. The number of allylic oxidation sites excluding steroid dienone is 1. The number of amides is 1. The average Bonchev–Trinajstić information content (AvgIpc) is 3.37. The summed E-state index contributed by atoms with van der Waals surface area (Å²) in [5, 5.41) is 11.0. The van der Waals surface area contributed by atoms with Crippen LogP contribution in [0.1, 0.15) is 53.6 Å².